The summed E-state index contributed by atoms with van der Waals surface area (Å²) < 4.78 is 0. The number of amides is 2. The molecule has 2 aromatic carbocycles. The smallest absolute Gasteiger partial charge is 0.222 e. The molecule has 2 atom stereocenters. The highest BCUT2D eigenvalue weighted by Gasteiger charge is 2.24. The van der Waals surface area contributed by atoms with Crippen molar-refractivity contribution in [2.75, 3.05) is 19.6 Å². The van der Waals surface area contributed by atoms with Crippen LogP contribution in [0.3, 0.4) is 0 Å². The maximum Gasteiger partial charge on any atom is 0.222 e. The normalized spacial score (nSPS) is 16.2. The summed E-state index contributed by atoms with van der Waals surface area (Å²) in [4.78, 5) is 26.8. The highest BCUT2D eigenvalue weighted by atomic mass is 35.5. The Hall–Kier alpha value is -2.37. The first-order valence-electron chi connectivity index (χ1n) is 10.1. The fourth-order valence-corrected chi connectivity index (χ4v) is 3.97. The molecule has 1 saturated heterocycles. The van der Waals surface area contributed by atoms with E-state index >= 15 is 0 Å². The first kappa shape index (κ1) is 21.3. The number of nitrogens with zero attached hydrogens (tertiary/aromatic N) is 1. The Bertz CT molecular complexity index is 805. The summed E-state index contributed by atoms with van der Waals surface area (Å²) in [5.74, 6) is -0.254. The topological polar surface area (TPSA) is 61.4 Å². The molecule has 5 nitrogen and oxygen atoms in total. The Balaban J connectivity index is 1.65. The van der Waals surface area contributed by atoms with Gasteiger partial charge in [-0.25, -0.2) is 0 Å². The van der Waals surface area contributed by atoms with Crippen molar-refractivity contribution in [3.8, 4) is 0 Å². The van der Waals surface area contributed by atoms with Crippen LogP contribution in [0.1, 0.15) is 49.4 Å². The van der Waals surface area contributed by atoms with Gasteiger partial charge in [0.1, 0.15) is 0 Å². The van der Waals surface area contributed by atoms with Gasteiger partial charge in [0, 0.05) is 18.5 Å². The second kappa shape index (κ2) is 10.4. The molecule has 1 aliphatic rings. The fraction of sp³-hybridized carbons (Fsp3) is 0.391. The lowest BCUT2D eigenvalue weighted by Gasteiger charge is -2.28. The molecular formula is C23H28ClN3O2. The first-order chi connectivity index (χ1) is 14.0. The minimum Gasteiger partial charge on any atom is -0.354 e. The molecule has 0 radical (unpaired) electrons. The molecule has 0 saturated carbocycles. The van der Waals surface area contributed by atoms with Crippen molar-refractivity contribution < 1.29 is 9.59 Å². The van der Waals surface area contributed by atoms with Crippen LogP contribution in [0, 0.1) is 0 Å². The molecule has 2 amide bonds. The van der Waals surface area contributed by atoms with Crippen LogP contribution < -0.4 is 10.6 Å². The van der Waals surface area contributed by atoms with Gasteiger partial charge in [0.05, 0.1) is 18.5 Å². The maximum atomic E-state index is 12.7. The van der Waals surface area contributed by atoms with Crippen molar-refractivity contribution in [3.05, 3.63) is 70.7 Å². The minimum absolute atomic E-state index is 0.0844. The van der Waals surface area contributed by atoms with Gasteiger partial charge in [-0.05, 0) is 49.2 Å². The van der Waals surface area contributed by atoms with Crippen LogP contribution in [0.15, 0.2) is 54.6 Å². The number of likely N-dealkylation sites (tertiary alicyclic amines) is 1. The summed E-state index contributed by atoms with van der Waals surface area (Å²) in [7, 11) is 0. The molecule has 154 valence electrons. The molecule has 2 N–H and O–H groups in total. The molecular weight excluding hydrogens is 386 g/mol. The molecule has 1 heterocycles. The van der Waals surface area contributed by atoms with E-state index in [1.165, 1.54) is 25.3 Å². The lowest BCUT2D eigenvalue weighted by atomic mass is 10.0. The van der Waals surface area contributed by atoms with Gasteiger partial charge in [0.15, 0.2) is 0 Å². The molecule has 6 heteroatoms. The molecule has 0 aromatic heterocycles. The van der Waals surface area contributed by atoms with E-state index in [-0.39, 0.29) is 30.3 Å². The van der Waals surface area contributed by atoms with Crippen molar-refractivity contribution >= 4 is 23.4 Å². The standard InChI is InChI=1S/C23H28ClN3O2/c1-17(28)26-21(18-9-11-20(24)12-10-18)15-23(29)25-16-22(27-13-5-6-14-27)19-7-3-2-4-8-19/h2-4,7-12,21-22H,5-6,13-16H2,1H3,(H,25,29)(H,26,28). The quantitative estimate of drug-likeness (QED) is 0.690. The molecule has 3 rings (SSSR count). The van der Waals surface area contributed by atoms with Crippen LogP contribution in [-0.2, 0) is 9.59 Å². The van der Waals surface area contributed by atoms with Gasteiger partial charge in [-0.1, -0.05) is 54.1 Å². The summed E-state index contributed by atoms with van der Waals surface area (Å²) in [6, 6.07) is 17.3. The van der Waals surface area contributed by atoms with E-state index in [0.29, 0.717) is 11.6 Å². The monoisotopic (exact) mass is 413 g/mol. The zero-order valence-electron chi connectivity index (χ0n) is 16.7. The van der Waals surface area contributed by atoms with Gasteiger partial charge in [0.25, 0.3) is 0 Å². The predicted octanol–water partition coefficient (Wildman–Crippen LogP) is 3.86. The van der Waals surface area contributed by atoms with E-state index in [1.54, 1.807) is 12.1 Å². The molecule has 2 aromatic rings. The van der Waals surface area contributed by atoms with E-state index in [4.69, 9.17) is 11.6 Å². The second-order valence-electron chi connectivity index (χ2n) is 7.48. The number of carbonyl (C=O) groups is 2. The Morgan fingerprint density at radius 3 is 2.28 bits per heavy atom. The zero-order chi connectivity index (χ0) is 20.6. The lowest BCUT2D eigenvalue weighted by molar-refractivity contribution is -0.123. The summed E-state index contributed by atoms with van der Waals surface area (Å²) in [6.45, 7) is 4.11. The third-order valence-corrected chi connectivity index (χ3v) is 5.55. The SMILES string of the molecule is CC(=O)NC(CC(=O)NCC(c1ccccc1)N1CCCC1)c1ccc(Cl)cc1. The van der Waals surface area contributed by atoms with E-state index < -0.39 is 0 Å². The van der Waals surface area contributed by atoms with Gasteiger partial charge in [-0.15, -0.1) is 0 Å². The van der Waals surface area contributed by atoms with Gasteiger partial charge < -0.3 is 10.6 Å². The molecule has 2 unspecified atom stereocenters. The van der Waals surface area contributed by atoms with Crippen molar-refractivity contribution in [2.24, 2.45) is 0 Å². The number of halogens is 1. The van der Waals surface area contributed by atoms with Gasteiger partial charge in [-0.2, -0.15) is 0 Å². The number of rotatable bonds is 8. The summed E-state index contributed by atoms with van der Waals surface area (Å²) in [6.07, 6.45) is 2.57. The van der Waals surface area contributed by atoms with E-state index in [1.807, 2.05) is 30.3 Å². The number of hydrogen-bond acceptors (Lipinski definition) is 3. The average Bonchev–Trinajstić information content (AvgIpc) is 3.23. The van der Waals surface area contributed by atoms with Gasteiger partial charge in [-0.3, -0.25) is 14.5 Å². The van der Waals surface area contributed by atoms with Crippen LogP contribution in [0.2, 0.25) is 5.02 Å². The van der Waals surface area contributed by atoms with Crippen molar-refractivity contribution in [1.29, 1.82) is 0 Å². The summed E-state index contributed by atoms with van der Waals surface area (Å²) in [5.41, 5.74) is 2.07. The molecule has 1 aliphatic heterocycles. The van der Waals surface area contributed by atoms with E-state index in [9.17, 15) is 9.59 Å². The van der Waals surface area contributed by atoms with Crippen molar-refractivity contribution in [3.63, 3.8) is 0 Å². The van der Waals surface area contributed by atoms with Crippen LogP contribution >= 0.6 is 11.6 Å². The summed E-state index contributed by atoms with van der Waals surface area (Å²) >= 11 is 5.96. The fourth-order valence-electron chi connectivity index (χ4n) is 3.85. The second-order valence-corrected chi connectivity index (χ2v) is 7.92. The van der Waals surface area contributed by atoms with Gasteiger partial charge >= 0.3 is 0 Å². The number of nitrogens with one attached hydrogen (secondary N) is 2. The van der Waals surface area contributed by atoms with E-state index in [2.05, 4.69) is 27.7 Å². The largest absolute Gasteiger partial charge is 0.354 e. The molecule has 0 aliphatic carbocycles. The first-order valence-corrected chi connectivity index (χ1v) is 10.5. The lowest BCUT2D eigenvalue weighted by Crippen LogP contribution is -2.38. The Morgan fingerprint density at radius 1 is 1.00 bits per heavy atom. The summed E-state index contributed by atoms with van der Waals surface area (Å²) in [5, 5.41) is 6.57. The Kier molecular flexibility index (Phi) is 7.67. The highest BCUT2D eigenvalue weighted by Crippen LogP contribution is 2.25. The predicted molar refractivity (Wildman–Crippen MR) is 116 cm³/mol. The Labute approximate surface area is 177 Å². The van der Waals surface area contributed by atoms with Crippen LogP contribution in [0.4, 0.5) is 0 Å². The molecule has 0 bridgehead atoms. The average molecular weight is 414 g/mol. The van der Waals surface area contributed by atoms with E-state index in [0.717, 1.165) is 18.7 Å². The number of hydrogen-bond donors (Lipinski definition) is 2. The van der Waals surface area contributed by atoms with Crippen LogP contribution in [0.25, 0.3) is 0 Å². The molecule has 29 heavy (non-hydrogen) atoms. The molecule has 1 fully saturated rings. The molecule has 0 spiro atoms. The van der Waals surface area contributed by atoms with Crippen molar-refractivity contribution in [2.45, 2.75) is 38.3 Å². The zero-order valence-corrected chi connectivity index (χ0v) is 17.5. The Morgan fingerprint density at radius 2 is 1.66 bits per heavy atom. The van der Waals surface area contributed by atoms with Crippen molar-refractivity contribution in [1.82, 2.24) is 15.5 Å². The number of benzene rings is 2. The number of carbonyl (C=O) groups excluding carboxylic acids is 2. The van der Waals surface area contributed by atoms with Crippen LogP contribution in [0.5, 0.6) is 0 Å². The minimum atomic E-state index is -0.383. The third kappa shape index (κ3) is 6.31. The third-order valence-electron chi connectivity index (χ3n) is 5.30. The highest BCUT2D eigenvalue weighted by molar-refractivity contribution is 6.30. The maximum absolute atomic E-state index is 12.7. The van der Waals surface area contributed by atoms with Gasteiger partial charge in [0.2, 0.25) is 11.8 Å². The van der Waals surface area contributed by atoms with Crippen LogP contribution in [-0.4, -0.2) is 36.3 Å².